The monoisotopic (exact) mass is 458 g/mol. The molecule has 0 aliphatic carbocycles. The summed E-state index contributed by atoms with van der Waals surface area (Å²) in [7, 11) is 1.51. The molecule has 2 aliphatic rings. The van der Waals surface area contributed by atoms with E-state index in [4.69, 9.17) is 14.2 Å². The Morgan fingerprint density at radius 2 is 1.94 bits per heavy atom. The number of aliphatic hydroxyl groups is 1. The molecule has 180 valence electrons. The Hall–Kier alpha value is -2.76. The van der Waals surface area contributed by atoms with Gasteiger partial charge in [0.1, 0.15) is 23.9 Å². The highest BCUT2D eigenvalue weighted by molar-refractivity contribution is 5.69. The summed E-state index contributed by atoms with van der Waals surface area (Å²) in [6, 6.07) is 9.13. The van der Waals surface area contributed by atoms with Gasteiger partial charge in [-0.25, -0.2) is 9.59 Å². The standard InChI is InChI=1S/C25H34N2O6/c1-24(2,3)33-23(30)27-15-8-11-20(27)12-13-21(28)25(31-4)14-16-26(18-25)22(29)32-17-19-9-6-5-7-10-19/h5-7,9-10,20-21,28H,8,11,14-18H2,1-4H3/t20?,21-,25-/m0/s1. The zero-order chi connectivity index (χ0) is 24.1. The van der Waals surface area contributed by atoms with Gasteiger partial charge >= 0.3 is 12.2 Å². The highest BCUT2D eigenvalue weighted by Gasteiger charge is 2.46. The Bertz CT molecular complexity index is 888. The number of likely N-dealkylation sites (tertiary alicyclic amines) is 2. The molecule has 0 saturated carbocycles. The second-order valence-corrected chi connectivity index (χ2v) is 9.50. The van der Waals surface area contributed by atoms with Crippen molar-refractivity contribution in [3.8, 4) is 11.8 Å². The molecular weight excluding hydrogens is 424 g/mol. The van der Waals surface area contributed by atoms with Crippen LogP contribution in [0.4, 0.5) is 9.59 Å². The van der Waals surface area contributed by atoms with Gasteiger partial charge in [0.2, 0.25) is 0 Å². The lowest BCUT2D eigenvalue weighted by atomic mass is 9.95. The van der Waals surface area contributed by atoms with Gasteiger partial charge < -0.3 is 24.2 Å². The van der Waals surface area contributed by atoms with Crippen LogP contribution in [0.1, 0.15) is 45.6 Å². The summed E-state index contributed by atoms with van der Waals surface area (Å²) in [5.41, 5.74) is -0.687. The molecule has 3 rings (SSSR count). The van der Waals surface area contributed by atoms with Crippen LogP contribution < -0.4 is 0 Å². The molecular formula is C25H34N2O6. The van der Waals surface area contributed by atoms with E-state index < -0.39 is 29.5 Å². The molecule has 8 nitrogen and oxygen atoms in total. The van der Waals surface area contributed by atoms with Crippen LogP contribution in [0.15, 0.2) is 30.3 Å². The molecule has 2 fully saturated rings. The molecule has 8 heteroatoms. The number of methoxy groups -OCH3 is 1. The Labute approximate surface area is 195 Å². The second-order valence-electron chi connectivity index (χ2n) is 9.50. The number of rotatable bonds is 4. The molecule has 0 aromatic heterocycles. The van der Waals surface area contributed by atoms with Gasteiger partial charge in [-0.15, -0.1) is 0 Å². The Balaban J connectivity index is 1.59. The summed E-state index contributed by atoms with van der Waals surface area (Å²) < 4.78 is 16.5. The van der Waals surface area contributed by atoms with E-state index in [1.165, 1.54) is 12.0 Å². The van der Waals surface area contributed by atoms with E-state index in [1.807, 2.05) is 51.1 Å². The summed E-state index contributed by atoms with van der Waals surface area (Å²) in [5, 5.41) is 10.9. The summed E-state index contributed by atoms with van der Waals surface area (Å²) >= 11 is 0. The topological polar surface area (TPSA) is 88.5 Å². The van der Waals surface area contributed by atoms with Gasteiger partial charge in [0.15, 0.2) is 0 Å². The van der Waals surface area contributed by atoms with Gasteiger partial charge in [-0.05, 0) is 45.6 Å². The smallest absolute Gasteiger partial charge is 0.411 e. The fourth-order valence-electron chi connectivity index (χ4n) is 4.04. The van der Waals surface area contributed by atoms with Gasteiger partial charge in [0, 0.05) is 20.2 Å². The van der Waals surface area contributed by atoms with Crippen molar-refractivity contribution in [2.24, 2.45) is 0 Å². The molecule has 1 aromatic carbocycles. The number of carbonyl (C=O) groups is 2. The van der Waals surface area contributed by atoms with Crippen molar-refractivity contribution >= 4 is 12.2 Å². The number of ether oxygens (including phenoxy) is 3. The van der Waals surface area contributed by atoms with Crippen LogP contribution >= 0.6 is 0 Å². The molecule has 1 unspecified atom stereocenters. The van der Waals surface area contributed by atoms with Crippen molar-refractivity contribution < 1.29 is 28.9 Å². The lowest BCUT2D eigenvalue weighted by Gasteiger charge is -2.30. The molecule has 2 saturated heterocycles. The molecule has 2 amide bonds. The average molecular weight is 459 g/mol. The Morgan fingerprint density at radius 3 is 2.61 bits per heavy atom. The summed E-state index contributed by atoms with van der Waals surface area (Å²) in [6.07, 6.45) is 0.00574. The molecule has 33 heavy (non-hydrogen) atoms. The third-order valence-electron chi connectivity index (χ3n) is 5.90. The van der Waals surface area contributed by atoms with E-state index in [0.717, 1.165) is 18.4 Å². The predicted molar refractivity (Wildman–Crippen MR) is 122 cm³/mol. The van der Waals surface area contributed by atoms with Crippen molar-refractivity contribution in [1.29, 1.82) is 0 Å². The SMILES string of the molecule is CO[C@@]1([C@@H](O)C#CC2CCCN2C(=O)OC(C)(C)C)CCN(C(=O)OCc2ccccc2)C1. The average Bonchev–Trinajstić information content (AvgIpc) is 3.43. The molecule has 1 N–H and O–H groups in total. The maximum absolute atomic E-state index is 12.5. The maximum Gasteiger partial charge on any atom is 0.411 e. The lowest BCUT2D eigenvalue weighted by molar-refractivity contribution is -0.0704. The molecule has 2 heterocycles. The molecule has 0 radical (unpaired) electrons. The minimum Gasteiger partial charge on any atom is -0.445 e. The number of amides is 2. The number of benzene rings is 1. The van der Waals surface area contributed by atoms with Crippen molar-refractivity contribution in [2.45, 2.75) is 70.0 Å². The molecule has 2 aliphatic heterocycles. The van der Waals surface area contributed by atoms with Crippen LogP contribution in [-0.2, 0) is 20.8 Å². The van der Waals surface area contributed by atoms with Crippen LogP contribution in [0, 0.1) is 11.8 Å². The fraction of sp³-hybridized carbons (Fsp3) is 0.600. The molecule has 0 bridgehead atoms. The van der Waals surface area contributed by atoms with E-state index in [-0.39, 0.29) is 19.2 Å². The van der Waals surface area contributed by atoms with Crippen LogP contribution in [-0.4, -0.2) is 77.2 Å². The first-order chi connectivity index (χ1) is 15.6. The Kier molecular flexibility index (Phi) is 7.88. The minimum atomic E-state index is -1.12. The van der Waals surface area contributed by atoms with E-state index in [0.29, 0.717) is 19.5 Å². The van der Waals surface area contributed by atoms with Crippen molar-refractivity contribution in [3.63, 3.8) is 0 Å². The lowest BCUT2D eigenvalue weighted by Crippen LogP contribution is -2.47. The summed E-state index contributed by atoms with van der Waals surface area (Å²) in [6.45, 7) is 6.79. The van der Waals surface area contributed by atoms with Gasteiger partial charge in [-0.1, -0.05) is 42.2 Å². The van der Waals surface area contributed by atoms with E-state index in [1.54, 1.807) is 4.90 Å². The number of nitrogens with zero attached hydrogens (tertiary/aromatic N) is 2. The van der Waals surface area contributed by atoms with Gasteiger partial charge in [0.05, 0.1) is 12.6 Å². The van der Waals surface area contributed by atoms with Gasteiger partial charge in [0.25, 0.3) is 0 Å². The zero-order valence-corrected chi connectivity index (χ0v) is 19.9. The normalized spacial score (nSPS) is 23.6. The molecule has 1 aromatic rings. The first-order valence-corrected chi connectivity index (χ1v) is 11.3. The molecule has 0 spiro atoms. The highest BCUT2D eigenvalue weighted by atomic mass is 16.6. The van der Waals surface area contributed by atoms with Crippen molar-refractivity contribution in [1.82, 2.24) is 9.80 Å². The first kappa shape index (κ1) is 24.9. The Morgan fingerprint density at radius 1 is 1.21 bits per heavy atom. The largest absolute Gasteiger partial charge is 0.445 e. The van der Waals surface area contributed by atoms with Gasteiger partial charge in [-0.2, -0.15) is 0 Å². The highest BCUT2D eigenvalue weighted by Crippen LogP contribution is 2.29. The molecule has 3 atom stereocenters. The summed E-state index contributed by atoms with van der Waals surface area (Å²) in [5.74, 6) is 5.91. The minimum absolute atomic E-state index is 0.174. The van der Waals surface area contributed by atoms with E-state index >= 15 is 0 Å². The van der Waals surface area contributed by atoms with Crippen molar-refractivity contribution in [2.75, 3.05) is 26.7 Å². The van der Waals surface area contributed by atoms with Crippen LogP contribution in [0.25, 0.3) is 0 Å². The second kappa shape index (κ2) is 10.4. The van der Waals surface area contributed by atoms with Crippen LogP contribution in [0.2, 0.25) is 0 Å². The van der Waals surface area contributed by atoms with Crippen LogP contribution in [0.3, 0.4) is 0 Å². The maximum atomic E-state index is 12.5. The summed E-state index contributed by atoms with van der Waals surface area (Å²) in [4.78, 5) is 28.1. The number of hydrogen-bond acceptors (Lipinski definition) is 6. The third kappa shape index (κ3) is 6.40. The number of carbonyl (C=O) groups excluding carboxylic acids is 2. The van der Waals surface area contributed by atoms with Gasteiger partial charge in [-0.3, -0.25) is 4.90 Å². The predicted octanol–water partition coefficient (Wildman–Crippen LogP) is 3.18. The number of hydrogen-bond donors (Lipinski definition) is 1. The van der Waals surface area contributed by atoms with Crippen LogP contribution in [0.5, 0.6) is 0 Å². The van der Waals surface area contributed by atoms with Crippen molar-refractivity contribution in [3.05, 3.63) is 35.9 Å². The fourth-order valence-corrected chi connectivity index (χ4v) is 4.04. The van der Waals surface area contributed by atoms with E-state index in [9.17, 15) is 14.7 Å². The third-order valence-corrected chi connectivity index (χ3v) is 5.90. The zero-order valence-electron chi connectivity index (χ0n) is 19.9. The van der Waals surface area contributed by atoms with E-state index in [2.05, 4.69) is 11.8 Å². The number of aliphatic hydroxyl groups excluding tert-OH is 1. The first-order valence-electron chi connectivity index (χ1n) is 11.3. The quantitative estimate of drug-likeness (QED) is 0.698.